The number of Topliss-reactive ketones (excluding diaryl/α,β-unsaturated/α-hetero) is 1. The van der Waals surface area contributed by atoms with Crippen molar-refractivity contribution >= 4 is 23.0 Å². The molecule has 1 aromatic rings. The van der Waals surface area contributed by atoms with Gasteiger partial charge in [-0.3, -0.25) is 4.79 Å². The Bertz CT molecular complexity index is 536. The molecule has 1 N–H and O–H groups in total. The van der Waals surface area contributed by atoms with Crippen LogP contribution in [0.3, 0.4) is 0 Å². The molecule has 2 saturated carbocycles. The highest BCUT2D eigenvalue weighted by atomic mass is 32.1. The fraction of sp³-hybridized carbons (Fsp3) is 0.600. The molecule has 2 aliphatic carbocycles. The highest BCUT2D eigenvalue weighted by molar-refractivity contribution is 7.80. The van der Waals surface area contributed by atoms with E-state index in [0.717, 1.165) is 29.8 Å². The third-order valence-electron chi connectivity index (χ3n) is 5.53. The van der Waals surface area contributed by atoms with Gasteiger partial charge in [-0.25, -0.2) is 0 Å². The van der Waals surface area contributed by atoms with Crippen molar-refractivity contribution in [3.8, 4) is 0 Å². The summed E-state index contributed by atoms with van der Waals surface area (Å²) in [6, 6.07) is 10.4. The number of benzene rings is 1. The lowest BCUT2D eigenvalue weighted by atomic mass is 9.73. The number of hydrogen-bond acceptors (Lipinski definition) is 2. The Morgan fingerprint density at radius 1 is 1.00 bits per heavy atom. The van der Waals surface area contributed by atoms with Crippen molar-refractivity contribution in [1.82, 2.24) is 5.32 Å². The monoisotopic (exact) mass is 329 g/mol. The van der Waals surface area contributed by atoms with Gasteiger partial charge in [0.1, 0.15) is 10.8 Å². The maximum absolute atomic E-state index is 12.5. The first-order valence-electron chi connectivity index (χ1n) is 9.14. The summed E-state index contributed by atoms with van der Waals surface area (Å²) in [5.74, 6) is 1.21. The van der Waals surface area contributed by atoms with Crippen molar-refractivity contribution in [3.63, 3.8) is 0 Å². The summed E-state index contributed by atoms with van der Waals surface area (Å²) in [6.07, 6.45) is 10.4. The number of carbonyl (C=O) groups is 1. The molecule has 0 saturated heterocycles. The molecule has 0 aromatic heterocycles. The maximum Gasteiger partial charge on any atom is 0.138 e. The molecule has 124 valence electrons. The van der Waals surface area contributed by atoms with Gasteiger partial charge in [-0.2, -0.15) is 0 Å². The molecule has 2 aliphatic rings. The van der Waals surface area contributed by atoms with Gasteiger partial charge >= 0.3 is 0 Å². The Morgan fingerprint density at radius 2 is 1.70 bits per heavy atom. The molecule has 3 heteroatoms. The minimum absolute atomic E-state index is 0.161. The van der Waals surface area contributed by atoms with Gasteiger partial charge in [0.15, 0.2) is 0 Å². The first-order valence-corrected chi connectivity index (χ1v) is 9.55. The average Bonchev–Trinajstić information content (AvgIpc) is 2.62. The predicted molar refractivity (Wildman–Crippen MR) is 98.6 cm³/mol. The van der Waals surface area contributed by atoms with Crippen LogP contribution in [0.4, 0.5) is 0 Å². The number of carbonyl (C=O) groups excluding carboxylic acids is 1. The van der Waals surface area contributed by atoms with Gasteiger partial charge in [-0.15, -0.1) is 0 Å². The van der Waals surface area contributed by atoms with Crippen LogP contribution in [0.15, 0.2) is 30.3 Å². The van der Waals surface area contributed by atoms with Crippen LogP contribution in [0.1, 0.15) is 63.4 Å². The van der Waals surface area contributed by atoms with Gasteiger partial charge < -0.3 is 5.32 Å². The molecule has 23 heavy (non-hydrogen) atoms. The van der Waals surface area contributed by atoms with Gasteiger partial charge in [-0.1, -0.05) is 68.2 Å². The summed E-state index contributed by atoms with van der Waals surface area (Å²) in [6.45, 7) is 0. The number of nitrogens with one attached hydrogen (secondary N) is 1. The minimum atomic E-state index is 0.161. The largest absolute Gasteiger partial charge is 0.372 e. The number of ketones is 1. The van der Waals surface area contributed by atoms with Gasteiger partial charge in [0, 0.05) is 23.9 Å². The van der Waals surface area contributed by atoms with E-state index in [9.17, 15) is 4.79 Å². The second-order valence-electron chi connectivity index (χ2n) is 7.08. The van der Waals surface area contributed by atoms with Gasteiger partial charge in [0.25, 0.3) is 0 Å². The molecule has 0 bridgehead atoms. The normalized spacial score (nSPS) is 24.2. The number of hydrogen-bond donors (Lipinski definition) is 1. The van der Waals surface area contributed by atoms with E-state index in [-0.39, 0.29) is 12.0 Å². The molecular weight excluding hydrogens is 302 g/mol. The van der Waals surface area contributed by atoms with Gasteiger partial charge in [0.05, 0.1) is 0 Å². The molecule has 2 unspecified atom stereocenters. The van der Waals surface area contributed by atoms with E-state index < -0.39 is 0 Å². The van der Waals surface area contributed by atoms with Crippen LogP contribution >= 0.6 is 12.2 Å². The van der Waals surface area contributed by atoms with Crippen molar-refractivity contribution in [2.75, 3.05) is 0 Å². The molecule has 0 aliphatic heterocycles. The topological polar surface area (TPSA) is 29.1 Å². The van der Waals surface area contributed by atoms with E-state index in [1.54, 1.807) is 0 Å². The fourth-order valence-corrected chi connectivity index (χ4v) is 4.53. The zero-order valence-corrected chi connectivity index (χ0v) is 14.6. The van der Waals surface area contributed by atoms with E-state index >= 15 is 0 Å². The van der Waals surface area contributed by atoms with Crippen molar-refractivity contribution in [1.29, 1.82) is 0 Å². The van der Waals surface area contributed by atoms with Crippen LogP contribution in [0.25, 0.3) is 0 Å². The van der Waals surface area contributed by atoms with Crippen molar-refractivity contribution < 1.29 is 4.79 Å². The average molecular weight is 330 g/mol. The van der Waals surface area contributed by atoms with Crippen LogP contribution in [-0.2, 0) is 4.79 Å². The Balaban J connectivity index is 1.76. The third-order valence-corrected chi connectivity index (χ3v) is 5.88. The summed E-state index contributed by atoms with van der Waals surface area (Å²) in [4.78, 5) is 13.3. The Kier molecular flexibility index (Phi) is 5.82. The molecular formula is C20H27NOS. The van der Waals surface area contributed by atoms with Crippen molar-refractivity contribution in [3.05, 3.63) is 35.9 Å². The van der Waals surface area contributed by atoms with Crippen molar-refractivity contribution in [2.24, 2.45) is 11.8 Å². The van der Waals surface area contributed by atoms with Gasteiger partial charge in [-0.05, 0) is 31.6 Å². The Hall–Kier alpha value is -1.22. The lowest BCUT2D eigenvalue weighted by Gasteiger charge is -2.38. The molecule has 0 spiro atoms. The van der Waals surface area contributed by atoms with Crippen LogP contribution in [0.2, 0.25) is 0 Å². The highest BCUT2D eigenvalue weighted by Crippen LogP contribution is 2.34. The van der Waals surface area contributed by atoms with E-state index in [1.807, 2.05) is 18.2 Å². The third kappa shape index (κ3) is 4.20. The molecule has 2 atom stereocenters. The van der Waals surface area contributed by atoms with E-state index in [4.69, 9.17) is 12.2 Å². The van der Waals surface area contributed by atoms with Crippen molar-refractivity contribution in [2.45, 2.75) is 63.8 Å². The smallest absolute Gasteiger partial charge is 0.138 e. The van der Waals surface area contributed by atoms with Gasteiger partial charge in [0.2, 0.25) is 0 Å². The van der Waals surface area contributed by atoms with Crippen LogP contribution < -0.4 is 5.32 Å². The summed E-state index contributed by atoms with van der Waals surface area (Å²) in [5.41, 5.74) is 1.06. The zero-order valence-electron chi connectivity index (χ0n) is 13.8. The minimum Gasteiger partial charge on any atom is -0.372 e. The second-order valence-corrected chi connectivity index (χ2v) is 7.49. The lowest BCUT2D eigenvalue weighted by molar-refractivity contribution is -0.126. The molecule has 0 radical (unpaired) electrons. The number of rotatable bonds is 4. The predicted octanol–water partition coefficient (Wildman–Crippen LogP) is 4.66. The Morgan fingerprint density at radius 3 is 2.39 bits per heavy atom. The number of thiocarbonyl (C=S) groups is 1. The lowest BCUT2D eigenvalue weighted by Crippen LogP contribution is -2.49. The quantitative estimate of drug-likeness (QED) is 0.815. The van der Waals surface area contributed by atoms with Crippen LogP contribution in [0.5, 0.6) is 0 Å². The maximum atomic E-state index is 12.5. The molecule has 0 amide bonds. The van der Waals surface area contributed by atoms with E-state index in [2.05, 4.69) is 17.4 Å². The van der Waals surface area contributed by atoms with E-state index in [0.29, 0.717) is 11.7 Å². The SMILES string of the molecule is O=C1CCCCC1C(NC(=S)c1ccccc1)C1CCCCC1. The highest BCUT2D eigenvalue weighted by Gasteiger charge is 2.36. The summed E-state index contributed by atoms with van der Waals surface area (Å²) in [5, 5.41) is 3.61. The van der Waals surface area contributed by atoms with Crippen LogP contribution in [-0.4, -0.2) is 16.8 Å². The summed E-state index contributed by atoms with van der Waals surface area (Å²) < 4.78 is 0. The molecule has 0 heterocycles. The molecule has 1 aromatic carbocycles. The molecule has 3 rings (SSSR count). The van der Waals surface area contributed by atoms with E-state index in [1.165, 1.54) is 38.5 Å². The molecule has 2 nitrogen and oxygen atoms in total. The Labute approximate surface area is 145 Å². The fourth-order valence-electron chi connectivity index (χ4n) is 4.25. The summed E-state index contributed by atoms with van der Waals surface area (Å²) >= 11 is 5.65. The molecule has 2 fully saturated rings. The zero-order chi connectivity index (χ0) is 16.1. The van der Waals surface area contributed by atoms with Crippen LogP contribution in [0, 0.1) is 11.8 Å². The first-order chi connectivity index (χ1) is 11.3. The summed E-state index contributed by atoms with van der Waals surface area (Å²) in [7, 11) is 0. The first kappa shape index (κ1) is 16.6. The second kappa shape index (κ2) is 8.05. The standard InChI is InChI=1S/C20H27NOS/c22-18-14-8-7-13-17(18)19(15-9-3-1-4-10-15)21-20(23)16-11-5-2-6-12-16/h2,5-6,11-12,15,17,19H,1,3-4,7-10,13-14H2,(H,21,23).